The van der Waals surface area contributed by atoms with E-state index in [9.17, 15) is 4.39 Å². The second-order valence-electron chi connectivity index (χ2n) is 5.29. The number of hydrogen-bond donors (Lipinski definition) is 2. The lowest BCUT2D eigenvalue weighted by molar-refractivity contribution is 0.200. The molecule has 2 N–H and O–H groups in total. The van der Waals surface area contributed by atoms with E-state index in [1.54, 1.807) is 19.1 Å². The monoisotopic (exact) mass is 303 g/mol. The van der Waals surface area contributed by atoms with Gasteiger partial charge in [-0.15, -0.1) is 0 Å². The molecule has 0 aliphatic carbocycles. The molecule has 0 saturated heterocycles. The summed E-state index contributed by atoms with van der Waals surface area (Å²) in [7, 11) is 0. The van der Waals surface area contributed by atoms with Gasteiger partial charge >= 0.3 is 0 Å². The van der Waals surface area contributed by atoms with Crippen LogP contribution < -0.4 is 10.1 Å². The Morgan fingerprint density at radius 2 is 2.00 bits per heavy atom. The molecule has 3 nitrogen and oxygen atoms in total. The Morgan fingerprint density at radius 3 is 2.73 bits per heavy atom. The Hall–Kier alpha value is -1.91. The quantitative estimate of drug-likeness (QED) is 0.824. The van der Waals surface area contributed by atoms with Crippen LogP contribution in [0.3, 0.4) is 0 Å². The first-order chi connectivity index (χ1) is 10.6. The highest BCUT2D eigenvalue weighted by Crippen LogP contribution is 2.20. The molecule has 4 heteroatoms. The standard InChI is InChI=1S/C18H22FNO2/c1-13-7-8-15(11-17(13)19)14(2)20-12-16-5-3-4-6-18(16)22-10-9-21/h3-8,11,14,20-21H,9-10,12H2,1-2H3. The van der Waals surface area contributed by atoms with Crippen molar-refractivity contribution >= 4 is 0 Å². The Morgan fingerprint density at radius 1 is 1.23 bits per heavy atom. The third-order valence-electron chi connectivity index (χ3n) is 3.62. The molecule has 22 heavy (non-hydrogen) atoms. The summed E-state index contributed by atoms with van der Waals surface area (Å²) in [5, 5.41) is 12.2. The number of aliphatic hydroxyl groups is 1. The van der Waals surface area contributed by atoms with Gasteiger partial charge in [0.1, 0.15) is 18.2 Å². The predicted octanol–water partition coefficient (Wildman–Crippen LogP) is 3.36. The molecule has 2 aromatic carbocycles. The second-order valence-corrected chi connectivity index (χ2v) is 5.29. The number of ether oxygens (including phenoxy) is 1. The zero-order valence-corrected chi connectivity index (χ0v) is 13.0. The van der Waals surface area contributed by atoms with Crippen LogP contribution in [-0.2, 0) is 6.54 Å². The van der Waals surface area contributed by atoms with Crippen LogP contribution in [0.5, 0.6) is 5.75 Å². The fourth-order valence-corrected chi connectivity index (χ4v) is 2.21. The van der Waals surface area contributed by atoms with Crippen molar-refractivity contribution in [2.45, 2.75) is 26.4 Å². The maximum absolute atomic E-state index is 13.6. The van der Waals surface area contributed by atoms with Gasteiger partial charge < -0.3 is 15.2 Å². The van der Waals surface area contributed by atoms with Crippen LogP contribution in [-0.4, -0.2) is 18.3 Å². The molecule has 0 aliphatic heterocycles. The zero-order valence-electron chi connectivity index (χ0n) is 13.0. The van der Waals surface area contributed by atoms with E-state index in [-0.39, 0.29) is 25.1 Å². The first kappa shape index (κ1) is 16.5. The average molecular weight is 303 g/mol. The minimum atomic E-state index is -0.183. The summed E-state index contributed by atoms with van der Waals surface area (Å²) in [6.45, 7) is 4.63. The van der Waals surface area contributed by atoms with E-state index in [1.807, 2.05) is 37.3 Å². The van der Waals surface area contributed by atoms with Gasteiger partial charge in [-0.25, -0.2) is 4.39 Å². The number of halogens is 1. The lowest BCUT2D eigenvalue weighted by Gasteiger charge is -2.17. The zero-order chi connectivity index (χ0) is 15.9. The number of rotatable bonds is 7. The van der Waals surface area contributed by atoms with Gasteiger partial charge in [0.05, 0.1) is 6.61 Å². The molecule has 0 heterocycles. The summed E-state index contributed by atoms with van der Waals surface area (Å²) < 4.78 is 19.1. The molecule has 0 spiro atoms. The van der Waals surface area contributed by atoms with Crippen LogP contribution in [0.4, 0.5) is 4.39 Å². The minimum absolute atomic E-state index is 0.0131. The van der Waals surface area contributed by atoms with E-state index < -0.39 is 0 Å². The second kappa shape index (κ2) is 7.92. The minimum Gasteiger partial charge on any atom is -0.491 e. The van der Waals surface area contributed by atoms with E-state index >= 15 is 0 Å². The van der Waals surface area contributed by atoms with Crippen molar-refractivity contribution in [2.75, 3.05) is 13.2 Å². The summed E-state index contributed by atoms with van der Waals surface area (Å²) in [5.41, 5.74) is 2.57. The Kier molecular flexibility index (Phi) is 5.92. The number of aliphatic hydroxyl groups excluding tert-OH is 1. The molecule has 118 valence electrons. The summed E-state index contributed by atoms with van der Waals surface area (Å²) >= 11 is 0. The summed E-state index contributed by atoms with van der Waals surface area (Å²) in [6.07, 6.45) is 0. The number of hydrogen-bond acceptors (Lipinski definition) is 3. The third kappa shape index (κ3) is 4.29. The van der Waals surface area contributed by atoms with E-state index in [2.05, 4.69) is 5.32 Å². The Labute approximate surface area is 130 Å². The van der Waals surface area contributed by atoms with Crippen LogP contribution in [0.15, 0.2) is 42.5 Å². The van der Waals surface area contributed by atoms with Crippen molar-refractivity contribution < 1.29 is 14.2 Å². The molecule has 1 unspecified atom stereocenters. The number of nitrogens with one attached hydrogen (secondary N) is 1. The highest BCUT2D eigenvalue weighted by molar-refractivity contribution is 5.33. The summed E-state index contributed by atoms with van der Waals surface area (Å²) in [6, 6.07) is 13.0. The Bertz CT molecular complexity index is 616. The molecular formula is C18H22FNO2. The molecule has 2 rings (SSSR count). The molecule has 0 amide bonds. The SMILES string of the molecule is Cc1ccc(C(C)NCc2ccccc2OCCO)cc1F. The molecule has 0 aromatic heterocycles. The van der Waals surface area contributed by atoms with Gasteiger partial charge in [-0.3, -0.25) is 0 Å². The van der Waals surface area contributed by atoms with Gasteiger partial charge in [0.15, 0.2) is 0 Å². The first-order valence-electron chi connectivity index (χ1n) is 7.43. The summed E-state index contributed by atoms with van der Waals surface area (Å²) in [5.74, 6) is 0.573. The van der Waals surface area contributed by atoms with Crippen molar-refractivity contribution in [2.24, 2.45) is 0 Å². The molecule has 0 aliphatic rings. The van der Waals surface area contributed by atoms with E-state index in [0.717, 1.165) is 16.9 Å². The summed E-state index contributed by atoms with van der Waals surface area (Å²) in [4.78, 5) is 0. The fraction of sp³-hybridized carbons (Fsp3) is 0.333. The van der Waals surface area contributed by atoms with Crippen molar-refractivity contribution in [3.63, 3.8) is 0 Å². The third-order valence-corrected chi connectivity index (χ3v) is 3.62. The molecule has 0 saturated carbocycles. The van der Waals surface area contributed by atoms with Crippen molar-refractivity contribution in [1.29, 1.82) is 0 Å². The lowest BCUT2D eigenvalue weighted by atomic mass is 10.1. The van der Waals surface area contributed by atoms with Crippen molar-refractivity contribution in [3.05, 3.63) is 65.0 Å². The van der Waals surface area contributed by atoms with Gasteiger partial charge in [-0.1, -0.05) is 30.3 Å². The number of benzene rings is 2. The topological polar surface area (TPSA) is 41.5 Å². The van der Waals surface area contributed by atoms with Gasteiger partial charge in [0.2, 0.25) is 0 Å². The largest absolute Gasteiger partial charge is 0.491 e. The van der Waals surface area contributed by atoms with Gasteiger partial charge in [0, 0.05) is 18.2 Å². The molecular weight excluding hydrogens is 281 g/mol. The fourth-order valence-electron chi connectivity index (χ4n) is 2.21. The molecule has 0 fully saturated rings. The van der Waals surface area contributed by atoms with Gasteiger partial charge in [-0.05, 0) is 37.1 Å². The molecule has 0 radical (unpaired) electrons. The van der Waals surface area contributed by atoms with Crippen LogP contribution in [0.25, 0.3) is 0 Å². The van der Waals surface area contributed by atoms with Gasteiger partial charge in [0.25, 0.3) is 0 Å². The molecule has 1 atom stereocenters. The van der Waals surface area contributed by atoms with Crippen molar-refractivity contribution in [3.8, 4) is 5.75 Å². The lowest BCUT2D eigenvalue weighted by Crippen LogP contribution is -2.19. The van der Waals surface area contributed by atoms with E-state index in [0.29, 0.717) is 12.1 Å². The number of aryl methyl sites for hydroxylation is 1. The van der Waals surface area contributed by atoms with Crippen LogP contribution in [0.1, 0.15) is 29.7 Å². The van der Waals surface area contributed by atoms with Gasteiger partial charge in [-0.2, -0.15) is 0 Å². The Balaban J connectivity index is 2.01. The highest BCUT2D eigenvalue weighted by Gasteiger charge is 2.09. The predicted molar refractivity (Wildman–Crippen MR) is 85.4 cm³/mol. The first-order valence-corrected chi connectivity index (χ1v) is 7.43. The molecule has 2 aromatic rings. The average Bonchev–Trinajstić information content (AvgIpc) is 2.54. The smallest absolute Gasteiger partial charge is 0.126 e. The molecule has 0 bridgehead atoms. The number of para-hydroxylation sites is 1. The van der Waals surface area contributed by atoms with Crippen LogP contribution in [0.2, 0.25) is 0 Å². The van der Waals surface area contributed by atoms with Crippen LogP contribution in [0, 0.1) is 12.7 Å². The maximum atomic E-state index is 13.6. The maximum Gasteiger partial charge on any atom is 0.126 e. The normalized spacial score (nSPS) is 12.2. The van der Waals surface area contributed by atoms with Crippen LogP contribution >= 0.6 is 0 Å². The highest BCUT2D eigenvalue weighted by atomic mass is 19.1. The van der Waals surface area contributed by atoms with E-state index in [4.69, 9.17) is 9.84 Å². The van der Waals surface area contributed by atoms with Crippen molar-refractivity contribution in [1.82, 2.24) is 5.32 Å². The van der Waals surface area contributed by atoms with E-state index in [1.165, 1.54) is 0 Å².